The van der Waals surface area contributed by atoms with Gasteiger partial charge in [0.15, 0.2) is 0 Å². The van der Waals surface area contributed by atoms with Crippen LogP contribution in [0.2, 0.25) is 0 Å². The van der Waals surface area contributed by atoms with E-state index >= 15 is 0 Å². The van der Waals surface area contributed by atoms with E-state index in [1.165, 1.54) is 11.1 Å². The Labute approximate surface area is 182 Å². The van der Waals surface area contributed by atoms with Gasteiger partial charge in [0.25, 0.3) is 0 Å². The van der Waals surface area contributed by atoms with Gasteiger partial charge in [-0.05, 0) is 54.7 Å². The molecule has 0 radical (unpaired) electrons. The van der Waals surface area contributed by atoms with E-state index in [-0.39, 0.29) is 18.0 Å². The van der Waals surface area contributed by atoms with Crippen LogP contribution in [0.15, 0.2) is 54.3 Å². The summed E-state index contributed by atoms with van der Waals surface area (Å²) in [4.78, 5) is 9.12. The highest BCUT2D eigenvalue weighted by molar-refractivity contribution is 7.92. The minimum Gasteiger partial charge on any atom is -0.363 e. The molecule has 3 aromatic rings. The number of fused-ring (bicyclic) bond motifs is 2. The lowest BCUT2D eigenvalue weighted by Gasteiger charge is -2.16. The van der Waals surface area contributed by atoms with Crippen molar-refractivity contribution in [3.63, 3.8) is 0 Å². The number of benzene rings is 1. The standard InChI is InChI=1S/C23H27N5O2S/c1-15-12-18(13-17(15)9-11-31(24,29)30)28-10-8-20-22(25-14-26-23(20)28)27-21-7-6-16-4-2-3-5-19(16)21/h2-5,8-11,14-15,17-18,21H,6-7,12-13H2,1H3,(H2,24,29,30)(H,25,26,27)/b11-9+/t15-,17+,18-,21-/m0/s1. The number of rotatable bonds is 5. The second-order valence-electron chi connectivity index (χ2n) is 8.80. The van der Waals surface area contributed by atoms with Gasteiger partial charge in [0, 0.05) is 17.6 Å². The van der Waals surface area contributed by atoms with Crippen molar-refractivity contribution in [2.75, 3.05) is 5.32 Å². The Morgan fingerprint density at radius 2 is 2.03 bits per heavy atom. The van der Waals surface area contributed by atoms with Crippen LogP contribution in [-0.2, 0) is 16.4 Å². The van der Waals surface area contributed by atoms with Crippen molar-refractivity contribution in [1.29, 1.82) is 0 Å². The molecule has 0 amide bonds. The van der Waals surface area contributed by atoms with Gasteiger partial charge in [0.1, 0.15) is 17.8 Å². The molecular weight excluding hydrogens is 410 g/mol. The first-order chi connectivity index (χ1) is 14.9. The van der Waals surface area contributed by atoms with Gasteiger partial charge in [-0.2, -0.15) is 0 Å². The molecule has 31 heavy (non-hydrogen) atoms. The SMILES string of the molecule is C[C@H]1C[C@H](n2ccc3c(N[C@H]4CCc5ccccc54)ncnc32)C[C@H]1/C=C/S(N)(=O)=O. The van der Waals surface area contributed by atoms with Crippen LogP contribution in [0.1, 0.15) is 49.4 Å². The molecule has 0 aliphatic heterocycles. The van der Waals surface area contributed by atoms with Crippen molar-refractivity contribution in [2.45, 2.75) is 44.7 Å². The van der Waals surface area contributed by atoms with Crippen molar-refractivity contribution >= 4 is 26.9 Å². The van der Waals surface area contributed by atoms with Crippen LogP contribution in [0.25, 0.3) is 11.0 Å². The van der Waals surface area contributed by atoms with Gasteiger partial charge in [0.05, 0.1) is 11.4 Å². The summed E-state index contributed by atoms with van der Waals surface area (Å²) in [7, 11) is -3.60. The maximum absolute atomic E-state index is 11.3. The monoisotopic (exact) mass is 437 g/mol. The third-order valence-electron chi connectivity index (χ3n) is 6.78. The number of allylic oxidation sites excluding steroid dienone is 1. The highest BCUT2D eigenvalue weighted by Crippen LogP contribution is 2.42. The average molecular weight is 438 g/mol. The zero-order valence-electron chi connectivity index (χ0n) is 17.5. The molecule has 0 bridgehead atoms. The van der Waals surface area contributed by atoms with Crippen LogP contribution in [0, 0.1) is 11.8 Å². The molecule has 3 N–H and O–H groups in total. The number of nitrogens with two attached hydrogens (primary N) is 1. The second-order valence-corrected chi connectivity index (χ2v) is 10.3. The molecule has 2 aliphatic rings. The lowest BCUT2D eigenvalue weighted by atomic mass is 9.99. The van der Waals surface area contributed by atoms with E-state index in [4.69, 9.17) is 5.14 Å². The first-order valence-corrected chi connectivity index (χ1v) is 12.4. The molecule has 2 heterocycles. The molecule has 0 unspecified atom stereocenters. The first kappa shape index (κ1) is 20.2. The maximum atomic E-state index is 11.3. The predicted molar refractivity (Wildman–Crippen MR) is 122 cm³/mol. The topological polar surface area (TPSA) is 103 Å². The summed E-state index contributed by atoms with van der Waals surface area (Å²) >= 11 is 0. The quantitative estimate of drug-likeness (QED) is 0.630. The molecule has 7 nitrogen and oxygen atoms in total. The zero-order chi connectivity index (χ0) is 21.6. The number of nitrogens with one attached hydrogen (secondary N) is 1. The Kier molecular flexibility index (Phi) is 5.06. The average Bonchev–Trinajstić information content (AvgIpc) is 3.43. The number of sulfonamides is 1. The van der Waals surface area contributed by atoms with E-state index in [1.807, 2.05) is 0 Å². The Morgan fingerprint density at radius 1 is 1.19 bits per heavy atom. The third kappa shape index (κ3) is 3.97. The summed E-state index contributed by atoms with van der Waals surface area (Å²) in [5.74, 6) is 1.41. The van der Waals surface area contributed by atoms with Gasteiger partial charge in [0.2, 0.25) is 10.0 Å². The number of primary sulfonamides is 1. The molecule has 0 saturated heterocycles. The van der Waals surface area contributed by atoms with Crippen LogP contribution >= 0.6 is 0 Å². The van der Waals surface area contributed by atoms with Crippen molar-refractivity contribution in [3.8, 4) is 0 Å². The summed E-state index contributed by atoms with van der Waals surface area (Å²) in [6.07, 6.45) is 9.41. The second kappa shape index (κ2) is 7.76. The molecular formula is C23H27N5O2S. The van der Waals surface area contributed by atoms with Gasteiger partial charge in [-0.1, -0.05) is 37.3 Å². The summed E-state index contributed by atoms with van der Waals surface area (Å²) in [5.41, 5.74) is 3.67. The largest absolute Gasteiger partial charge is 0.363 e. The fourth-order valence-corrected chi connectivity index (χ4v) is 5.63. The van der Waals surface area contributed by atoms with Gasteiger partial charge < -0.3 is 9.88 Å². The van der Waals surface area contributed by atoms with E-state index in [0.717, 1.165) is 47.9 Å². The minimum atomic E-state index is -3.60. The van der Waals surface area contributed by atoms with Crippen molar-refractivity contribution in [2.24, 2.45) is 17.0 Å². The molecule has 1 aromatic carbocycles. The van der Waals surface area contributed by atoms with Crippen molar-refractivity contribution < 1.29 is 8.42 Å². The fraction of sp³-hybridized carbons (Fsp3) is 0.391. The molecule has 2 aliphatic carbocycles. The Hall–Kier alpha value is -2.71. The van der Waals surface area contributed by atoms with Crippen LogP contribution in [0.5, 0.6) is 0 Å². The highest BCUT2D eigenvalue weighted by atomic mass is 32.2. The molecule has 1 saturated carbocycles. The molecule has 5 rings (SSSR count). The van der Waals surface area contributed by atoms with Crippen LogP contribution in [0.3, 0.4) is 0 Å². The Bertz CT molecular complexity index is 1250. The molecule has 4 atom stereocenters. The fourth-order valence-electron chi connectivity index (χ4n) is 5.21. The summed E-state index contributed by atoms with van der Waals surface area (Å²) in [5, 5.41) is 10.9. The highest BCUT2D eigenvalue weighted by Gasteiger charge is 2.32. The first-order valence-electron chi connectivity index (χ1n) is 10.8. The Morgan fingerprint density at radius 3 is 2.87 bits per heavy atom. The third-order valence-corrected chi connectivity index (χ3v) is 7.32. The summed E-state index contributed by atoms with van der Waals surface area (Å²) in [6.45, 7) is 2.16. The van der Waals surface area contributed by atoms with Gasteiger partial charge in [-0.3, -0.25) is 0 Å². The molecule has 162 valence electrons. The van der Waals surface area contributed by atoms with Crippen molar-refractivity contribution in [3.05, 3.63) is 65.5 Å². The molecule has 0 spiro atoms. The molecule has 1 fully saturated rings. The van der Waals surface area contributed by atoms with Crippen LogP contribution in [0.4, 0.5) is 5.82 Å². The summed E-state index contributed by atoms with van der Waals surface area (Å²) in [6, 6.07) is 11.2. The summed E-state index contributed by atoms with van der Waals surface area (Å²) < 4.78 is 24.8. The number of hydrogen-bond donors (Lipinski definition) is 2. The number of anilines is 1. The van der Waals surface area contributed by atoms with E-state index in [9.17, 15) is 8.42 Å². The lowest BCUT2D eigenvalue weighted by molar-refractivity contribution is 0.495. The van der Waals surface area contributed by atoms with Crippen LogP contribution in [-0.4, -0.2) is 23.0 Å². The van der Waals surface area contributed by atoms with Crippen molar-refractivity contribution in [1.82, 2.24) is 14.5 Å². The Balaban J connectivity index is 1.40. The van der Waals surface area contributed by atoms with Gasteiger partial charge in [-0.25, -0.2) is 23.5 Å². The molecule has 2 aromatic heterocycles. The normalized spacial score (nSPS) is 26.0. The smallest absolute Gasteiger partial charge is 0.230 e. The maximum Gasteiger partial charge on any atom is 0.230 e. The number of aryl methyl sites for hydroxylation is 1. The predicted octanol–water partition coefficient (Wildman–Crippen LogP) is 3.92. The van der Waals surface area contributed by atoms with Gasteiger partial charge in [-0.15, -0.1) is 0 Å². The zero-order valence-corrected chi connectivity index (χ0v) is 18.3. The van der Waals surface area contributed by atoms with E-state index in [1.54, 1.807) is 12.4 Å². The van der Waals surface area contributed by atoms with E-state index in [2.05, 4.69) is 63.3 Å². The van der Waals surface area contributed by atoms with E-state index in [0.29, 0.717) is 5.92 Å². The number of nitrogens with zero attached hydrogens (tertiary/aromatic N) is 3. The van der Waals surface area contributed by atoms with Crippen LogP contribution < -0.4 is 10.5 Å². The molecule has 8 heteroatoms. The van der Waals surface area contributed by atoms with E-state index < -0.39 is 10.0 Å². The van der Waals surface area contributed by atoms with Gasteiger partial charge >= 0.3 is 0 Å². The number of aromatic nitrogens is 3. The minimum absolute atomic E-state index is 0.176. The lowest BCUT2D eigenvalue weighted by Crippen LogP contribution is -2.10. The number of hydrogen-bond acceptors (Lipinski definition) is 5.